The fraction of sp³-hybridized carbons (Fsp3) is 0.643. The zero-order chi connectivity index (χ0) is 12.6. The fourth-order valence-electron chi connectivity index (χ4n) is 2.04. The molecule has 3 nitrogen and oxygen atoms in total. The summed E-state index contributed by atoms with van der Waals surface area (Å²) < 4.78 is 0. The van der Waals surface area contributed by atoms with Crippen molar-refractivity contribution in [3.63, 3.8) is 0 Å². The second-order valence-corrected chi connectivity index (χ2v) is 5.86. The highest BCUT2D eigenvalue weighted by molar-refractivity contribution is 5.43. The zero-order valence-corrected chi connectivity index (χ0v) is 11.1. The van der Waals surface area contributed by atoms with E-state index in [2.05, 4.69) is 35.9 Å². The standard InChI is InChI=1S/C14H22N2O/c1-10(2)11-5-6-13(15-7-11)16-8-12(9-16)14(3,4)17/h5-7,10,12,17H,8-9H2,1-4H3. The second kappa shape index (κ2) is 4.30. The molecule has 0 atom stereocenters. The number of hydrogen-bond acceptors (Lipinski definition) is 3. The molecule has 1 aliphatic rings. The van der Waals surface area contributed by atoms with E-state index in [0.29, 0.717) is 11.8 Å². The van der Waals surface area contributed by atoms with Gasteiger partial charge in [0.15, 0.2) is 0 Å². The average Bonchev–Trinajstić information content (AvgIpc) is 2.13. The molecule has 0 radical (unpaired) electrons. The maximum atomic E-state index is 9.87. The van der Waals surface area contributed by atoms with Crippen LogP contribution in [-0.4, -0.2) is 28.8 Å². The molecule has 3 heteroatoms. The Morgan fingerprint density at radius 3 is 2.41 bits per heavy atom. The number of aromatic nitrogens is 1. The molecule has 0 unspecified atom stereocenters. The Balaban J connectivity index is 1.98. The van der Waals surface area contributed by atoms with Crippen LogP contribution in [0.5, 0.6) is 0 Å². The Labute approximate surface area is 103 Å². The summed E-state index contributed by atoms with van der Waals surface area (Å²) in [4.78, 5) is 6.70. The van der Waals surface area contributed by atoms with E-state index in [4.69, 9.17) is 0 Å². The summed E-state index contributed by atoms with van der Waals surface area (Å²) in [5.74, 6) is 1.90. The van der Waals surface area contributed by atoms with Gasteiger partial charge in [-0.2, -0.15) is 0 Å². The van der Waals surface area contributed by atoms with E-state index in [9.17, 15) is 5.11 Å². The van der Waals surface area contributed by atoms with Crippen molar-refractivity contribution in [3.8, 4) is 0 Å². The van der Waals surface area contributed by atoms with Crippen LogP contribution in [0.3, 0.4) is 0 Å². The molecule has 0 bridgehead atoms. The van der Waals surface area contributed by atoms with Crippen molar-refractivity contribution < 1.29 is 5.11 Å². The molecule has 0 aliphatic carbocycles. The van der Waals surface area contributed by atoms with Crippen LogP contribution in [0, 0.1) is 5.92 Å². The van der Waals surface area contributed by atoms with Crippen molar-refractivity contribution in [2.24, 2.45) is 5.92 Å². The van der Waals surface area contributed by atoms with Gasteiger partial charge < -0.3 is 10.0 Å². The first kappa shape index (κ1) is 12.4. The molecule has 1 aromatic rings. The van der Waals surface area contributed by atoms with E-state index < -0.39 is 5.60 Å². The number of hydrogen-bond donors (Lipinski definition) is 1. The smallest absolute Gasteiger partial charge is 0.128 e. The Morgan fingerprint density at radius 2 is 2.00 bits per heavy atom. The second-order valence-electron chi connectivity index (χ2n) is 5.86. The van der Waals surface area contributed by atoms with E-state index in [1.807, 2.05) is 20.0 Å². The zero-order valence-electron chi connectivity index (χ0n) is 11.1. The van der Waals surface area contributed by atoms with Gasteiger partial charge in [0.25, 0.3) is 0 Å². The van der Waals surface area contributed by atoms with Crippen LogP contribution in [0.2, 0.25) is 0 Å². The van der Waals surface area contributed by atoms with Gasteiger partial charge in [-0.3, -0.25) is 0 Å². The Morgan fingerprint density at radius 1 is 1.35 bits per heavy atom. The van der Waals surface area contributed by atoms with Crippen LogP contribution in [0.4, 0.5) is 5.82 Å². The predicted molar refractivity (Wildman–Crippen MR) is 70.3 cm³/mol. The van der Waals surface area contributed by atoms with E-state index in [0.717, 1.165) is 18.9 Å². The minimum Gasteiger partial charge on any atom is -0.390 e. The number of pyridine rings is 1. The normalized spacial score (nSPS) is 17.4. The van der Waals surface area contributed by atoms with Crippen molar-refractivity contribution in [2.75, 3.05) is 18.0 Å². The summed E-state index contributed by atoms with van der Waals surface area (Å²) in [6.45, 7) is 9.90. The first-order valence-corrected chi connectivity index (χ1v) is 6.31. The van der Waals surface area contributed by atoms with Crippen molar-refractivity contribution in [3.05, 3.63) is 23.9 Å². The first-order valence-electron chi connectivity index (χ1n) is 6.31. The van der Waals surface area contributed by atoms with Crippen LogP contribution in [-0.2, 0) is 0 Å². The number of nitrogens with zero attached hydrogens (tertiary/aromatic N) is 2. The highest BCUT2D eigenvalue weighted by Crippen LogP contribution is 2.30. The molecule has 1 N–H and O–H groups in total. The molecule has 2 heterocycles. The first-order chi connectivity index (χ1) is 7.88. The third kappa shape index (κ3) is 2.60. The molecule has 1 aromatic heterocycles. The van der Waals surface area contributed by atoms with Gasteiger partial charge in [-0.1, -0.05) is 19.9 Å². The fourth-order valence-corrected chi connectivity index (χ4v) is 2.04. The summed E-state index contributed by atoms with van der Waals surface area (Å²) in [5, 5.41) is 9.87. The summed E-state index contributed by atoms with van der Waals surface area (Å²) in [6.07, 6.45) is 1.96. The van der Waals surface area contributed by atoms with Gasteiger partial charge in [-0.05, 0) is 31.4 Å². The summed E-state index contributed by atoms with van der Waals surface area (Å²) in [7, 11) is 0. The topological polar surface area (TPSA) is 36.4 Å². The molecule has 0 spiro atoms. The van der Waals surface area contributed by atoms with Crippen molar-refractivity contribution >= 4 is 5.82 Å². The van der Waals surface area contributed by atoms with E-state index >= 15 is 0 Å². The lowest BCUT2D eigenvalue weighted by molar-refractivity contribution is 0.00439. The molecule has 0 amide bonds. The molecule has 94 valence electrons. The van der Waals surface area contributed by atoms with Crippen LogP contribution in [0.1, 0.15) is 39.2 Å². The molecule has 1 fully saturated rings. The quantitative estimate of drug-likeness (QED) is 0.872. The summed E-state index contributed by atoms with van der Waals surface area (Å²) >= 11 is 0. The summed E-state index contributed by atoms with van der Waals surface area (Å²) in [5.41, 5.74) is 0.697. The van der Waals surface area contributed by atoms with Crippen LogP contribution in [0.15, 0.2) is 18.3 Å². The van der Waals surface area contributed by atoms with Crippen molar-refractivity contribution in [1.82, 2.24) is 4.98 Å². The third-order valence-electron chi connectivity index (χ3n) is 3.64. The highest BCUT2D eigenvalue weighted by Gasteiger charge is 2.37. The van der Waals surface area contributed by atoms with E-state index in [-0.39, 0.29) is 0 Å². The van der Waals surface area contributed by atoms with E-state index in [1.165, 1.54) is 5.56 Å². The molecular weight excluding hydrogens is 212 g/mol. The number of aliphatic hydroxyl groups is 1. The SMILES string of the molecule is CC(C)c1ccc(N2CC(C(C)(C)O)C2)nc1. The predicted octanol–water partition coefficient (Wildman–Crippen LogP) is 2.41. The number of rotatable bonds is 3. The Kier molecular flexibility index (Phi) is 3.13. The molecular formula is C14H22N2O. The minimum atomic E-state index is -0.575. The maximum Gasteiger partial charge on any atom is 0.128 e. The van der Waals surface area contributed by atoms with Gasteiger partial charge in [0.2, 0.25) is 0 Å². The average molecular weight is 234 g/mol. The van der Waals surface area contributed by atoms with Gasteiger partial charge in [-0.25, -0.2) is 4.98 Å². The molecule has 0 aromatic carbocycles. The number of anilines is 1. The Bertz CT molecular complexity index is 372. The van der Waals surface area contributed by atoms with Crippen LogP contribution < -0.4 is 4.90 Å². The van der Waals surface area contributed by atoms with E-state index in [1.54, 1.807) is 0 Å². The largest absolute Gasteiger partial charge is 0.390 e. The maximum absolute atomic E-state index is 9.87. The summed E-state index contributed by atoms with van der Waals surface area (Å²) in [6, 6.07) is 4.22. The van der Waals surface area contributed by atoms with Gasteiger partial charge >= 0.3 is 0 Å². The van der Waals surface area contributed by atoms with Gasteiger partial charge in [-0.15, -0.1) is 0 Å². The van der Waals surface area contributed by atoms with Crippen LogP contribution in [0.25, 0.3) is 0 Å². The lowest BCUT2D eigenvalue weighted by Crippen LogP contribution is -2.56. The van der Waals surface area contributed by atoms with Crippen molar-refractivity contribution in [2.45, 2.75) is 39.2 Å². The highest BCUT2D eigenvalue weighted by atomic mass is 16.3. The van der Waals surface area contributed by atoms with Gasteiger partial charge in [0.05, 0.1) is 5.60 Å². The third-order valence-corrected chi connectivity index (χ3v) is 3.64. The monoisotopic (exact) mass is 234 g/mol. The molecule has 2 rings (SSSR count). The lowest BCUT2D eigenvalue weighted by Gasteiger charge is -2.45. The molecule has 1 aliphatic heterocycles. The lowest BCUT2D eigenvalue weighted by atomic mass is 9.84. The molecule has 0 saturated carbocycles. The molecule has 1 saturated heterocycles. The van der Waals surface area contributed by atoms with Gasteiger partial charge in [0, 0.05) is 25.2 Å². The molecule has 17 heavy (non-hydrogen) atoms. The van der Waals surface area contributed by atoms with Crippen molar-refractivity contribution in [1.29, 1.82) is 0 Å². The minimum absolute atomic E-state index is 0.356. The van der Waals surface area contributed by atoms with Crippen LogP contribution >= 0.6 is 0 Å². The van der Waals surface area contributed by atoms with Gasteiger partial charge in [0.1, 0.15) is 5.82 Å². The Hall–Kier alpha value is -1.09.